The van der Waals surface area contributed by atoms with Gasteiger partial charge in [0.25, 0.3) is 0 Å². The average molecular weight is 179 g/mol. The molecule has 3 N–H and O–H groups in total. The fourth-order valence-corrected chi connectivity index (χ4v) is 1.31. The molecule has 1 atom stereocenters. The van der Waals surface area contributed by atoms with E-state index in [9.17, 15) is 9.90 Å². The van der Waals surface area contributed by atoms with Crippen molar-refractivity contribution >= 4 is 5.97 Å². The van der Waals surface area contributed by atoms with E-state index in [1.807, 2.05) is 30.3 Å². The number of hydrogen-bond acceptors (Lipinski definition) is 2. The Morgan fingerprint density at radius 1 is 1.38 bits per heavy atom. The lowest BCUT2D eigenvalue weighted by Crippen LogP contribution is -2.53. The summed E-state index contributed by atoms with van der Waals surface area (Å²) < 4.78 is 0. The van der Waals surface area contributed by atoms with Gasteiger partial charge in [0, 0.05) is 11.9 Å². The lowest BCUT2D eigenvalue weighted by molar-refractivity contribution is -0.374. The van der Waals surface area contributed by atoms with Crippen molar-refractivity contribution in [2.75, 3.05) is 6.54 Å². The van der Waals surface area contributed by atoms with Crippen LogP contribution >= 0.6 is 0 Å². The summed E-state index contributed by atoms with van der Waals surface area (Å²) in [6, 6.07) is 9.53. The van der Waals surface area contributed by atoms with Crippen LogP contribution in [0.25, 0.3) is 0 Å². The second kappa shape index (κ2) is 4.62. The first kappa shape index (κ1) is 9.74. The standard InChI is InChI=1S/C10H13NO2/c11-7-9(6-10(12)13)8-4-2-1-3-5-8/h1-5,9H,6-7,11H2,(H,12,13)/t9-/m0/s1. The maximum Gasteiger partial charge on any atom is 0.0813 e. The summed E-state index contributed by atoms with van der Waals surface area (Å²) in [7, 11) is 0. The molecule has 3 nitrogen and oxygen atoms in total. The van der Waals surface area contributed by atoms with Crippen molar-refractivity contribution in [3.05, 3.63) is 35.9 Å². The first-order valence-electron chi connectivity index (χ1n) is 4.28. The van der Waals surface area contributed by atoms with Gasteiger partial charge in [-0.1, -0.05) is 30.3 Å². The van der Waals surface area contributed by atoms with E-state index < -0.39 is 5.97 Å². The van der Waals surface area contributed by atoms with Gasteiger partial charge in [0.2, 0.25) is 0 Å². The van der Waals surface area contributed by atoms with E-state index in [0.717, 1.165) is 5.56 Å². The van der Waals surface area contributed by atoms with Gasteiger partial charge in [-0.3, -0.25) is 0 Å². The van der Waals surface area contributed by atoms with E-state index in [2.05, 4.69) is 5.73 Å². The maximum absolute atomic E-state index is 10.4. The zero-order valence-electron chi connectivity index (χ0n) is 7.40. The topological polar surface area (TPSA) is 67.8 Å². The number of carboxylic acid groups (broad SMARTS) is 1. The van der Waals surface area contributed by atoms with Crippen LogP contribution < -0.4 is 10.8 Å². The van der Waals surface area contributed by atoms with Gasteiger partial charge in [-0.2, -0.15) is 0 Å². The molecule has 70 valence electrons. The molecule has 0 unspecified atom stereocenters. The van der Waals surface area contributed by atoms with Gasteiger partial charge < -0.3 is 15.6 Å². The van der Waals surface area contributed by atoms with E-state index in [1.54, 1.807) is 0 Å². The number of hydrogen-bond donors (Lipinski definition) is 1. The highest BCUT2D eigenvalue weighted by Gasteiger charge is 2.10. The Balaban J connectivity index is 2.73. The fourth-order valence-electron chi connectivity index (χ4n) is 1.31. The summed E-state index contributed by atoms with van der Waals surface area (Å²) in [6.45, 7) is 0.581. The van der Waals surface area contributed by atoms with Gasteiger partial charge in [-0.05, 0) is 12.0 Å². The summed E-state index contributed by atoms with van der Waals surface area (Å²) in [4.78, 5) is 10.4. The molecule has 0 heterocycles. The third kappa shape index (κ3) is 2.87. The molecular weight excluding hydrogens is 166 g/mol. The smallest absolute Gasteiger partial charge is 0.0813 e. The number of carboxylic acids is 1. The van der Waals surface area contributed by atoms with Crippen LogP contribution in [-0.2, 0) is 4.79 Å². The average Bonchev–Trinajstić information content (AvgIpc) is 2.15. The molecule has 0 amide bonds. The van der Waals surface area contributed by atoms with Gasteiger partial charge in [0.05, 0.1) is 6.54 Å². The number of rotatable bonds is 4. The fraction of sp³-hybridized carbons (Fsp3) is 0.300. The summed E-state index contributed by atoms with van der Waals surface area (Å²) >= 11 is 0. The van der Waals surface area contributed by atoms with Crippen molar-refractivity contribution in [1.29, 1.82) is 0 Å². The van der Waals surface area contributed by atoms with Gasteiger partial charge in [0.15, 0.2) is 0 Å². The Labute approximate surface area is 77.2 Å². The van der Waals surface area contributed by atoms with Crippen molar-refractivity contribution in [3.63, 3.8) is 0 Å². The second-order valence-corrected chi connectivity index (χ2v) is 2.97. The van der Waals surface area contributed by atoms with E-state index in [1.165, 1.54) is 0 Å². The molecule has 3 heteroatoms. The molecule has 0 radical (unpaired) electrons. The summed E-state index contributed by atoms with van der Waals surface area (Å²) in [5.41, 5.74) is 4.74. The SMILES string of the molecule is [NH3+]C[C@H](CC(=O)[O-])c1ccccc1. The largest absolute Gasteiger partial charge is 0.550 e. The van der Waals surface area contributed by atoms with E-state index >= 15 is 0 Å². The highest BCUT2D eigenvalue weighted by molar-refractivity contribution is 5.65. The molecule has 0 spiro atoms. The minimum absolute atomic E-state index is 0.0220. The normalized spacial score (nSPS) is 12.4. The quantitative estimate of drug-likeness (QED) is 0.654. The summed E-state index contributed by atoms with van der Waals surface area (Å²) in [5.74, 6) is -1.04. The van der Waals surface area contributed by atoms with Crippen LogP contribution in [0, 0.1) is 0 Å². The van der Waals surface area contributed by atoms with E-state index in [4.69, 9.17) is 0 Å². The number of benzene rings is 1. The van der Waals surface area contributed by atoms with Crippen LogP contribution in [0.2, 0.25) is 0 Å². The zero-order valence-corrected chi connectivity index (χ0v) is 7.40. The zero-order chi connectivity index (χ0) is 9.68. The van der Waals surface area contributed by atoms with Gasteiger partial charge in [-0.15, -0.1) is 0 Å². The van der Waals surface area contributed by atoms with Crippen molar-refractivity contribution in [2.45, 2.75) is 12.3 Å². The van der Waals surface area contributed by atoms with Gasteiger partial charge in [-0.25, -0.2) is 0 Å². The molecule has 1 aromatic carbocycles. The minimum atomic E-state index is -1.02. The molecule has 1 aromatic rings. The van der Waals surface area contributed by atoms with Crippen LogP contribution in [0.3, 0.4) is 0 Å². The summed E-state index contributed by atoms with van der Waals surface area (Å²) in [5, 5.41) is 10.4. The Kier molecular flexibility index (Phi) is 3.46. The molecule has 0 fully saturated rings. The first-order valence-corrected chi connectivity index (χ1v) is 4.28. The third-order valence-corrected chi connectivity index (χ3v) is 2.03. The van der Waals surface area contributed by atoms with Crippen molar-refractivity contribution < 1.29 is 15.6 Å². The molecule has 0 aliphatic carbocycles. The molecule has 0 saturated heterocycles. The number of carbonyl (C=O) groups excluding carboxylic acids is 1. The minimum Gasteiger partial charge on any atom is -0.550 e. The van der Waals surface area contributed by atoms with Crippen molar-refractivity contribution in [3.8, 4) is 0 Å². The number of aliphatic carboxylic acids is 1. The predicted molar refractivity (Wildman–Crippen MR) is 46.6 cm³/mol. The Morgan fingerprint density at radius 3 is 2.46 bits per heavy atom. The molecule has 0 bridgehead atoms. The Morgan fingerprint density at radius 2 is 2.00 bits per heavy atom. The van der Waals surface area contributed by atoms with Crippen molar-refractivity contribution in [2.24, 2.45) is 0 Å². The lowest BCUT2D eigenvalue weighted by Gasteiger charge is -2.13. The molecule has 0 saturated carbocycles. The van der Waals surface area contributed by atoms with Crippen LogP contribution in [-0.4, -0.2) is 12.5 Å². The Hall–Kier alpha value is -1.35. The molecule has 0 aliphatic heterocycles. The number of quaternary nitrogens is 1. The second-order valence-electron chi connectivity index (χ2n) is 2.97. The monoisotopic (exact) mass is 179 g/mol. The van der Waals surface area contributed by atoms with E-state index in [-0.39, 0.29) is 12.3 Å². The van der Waals surface area contributed by atoms with Crippen molar-refractivity contribution in [1.82, 2.24) is 0 Å². The summed E-state index contributed by atoms with van der Waals surface area (Å²) in [6.07, 6.45) is 0.0491. The maximum atomic E-state index is 10.4. The highest BCUT2D eigenvalue weighted by Crippen LogP contribution is 2.16. The molecule has 1 rings (SSSR count). The highest BCUT2D eigenvalue weighted by atomic mass is 16.4. The third-order valence-electron chi connectivity index (χ3n) is 2.03. The lowest BCUT2D eigenvalue weighted by atomic mass is 9.96. The van der Waals surface area contributed by atoms with Gasteiger partial charge >= 0.3 is 0 Å². The van der Waals surface area contributed by atoms with E-state index in [0.29, 0.717) is 6.54 Å². The predicted octanol–water partition coefficient (Wildman–Crippen LogP) is -0.848. The Bertz CT molecular complexity index is 272. The van der Waals surface area contributed by atoms with Crippen LogP contribution in [0.4, 0.5) is 0 Å². The molecular formula is C10H13NO2. The molecule has 0 aromatic heterocycles. The number of carbonyl (C=O) groups is 1. The van der Waals surface area contributed by atoms with Crippen LogP contribution in [0.15, 0.2) is 30.3 Å². The molecule has 13 heavy (non-hydrogen) atoms. The van der Waals surface area contributed by atoms with Crippen LogP contribution in [0.1, 0.15) is 17.9 Å². The molecule has 0 aliphatic rings. The van der Waals surface area contributed by atoms with Gasteiger partial charge in [0.1, 0.15) is 0 Å². The van der Waals surface area contributed by atoms with Crippen LogP contribution in [0.5, 0.6) is 0 Å². The first-order chi connectivity index (χ1) is 6.24.